The molecule has 2 fully saturated rings. The molecular weight excluding hydrogens is 278 g/mol. The minimum atomic E-state index is -0.0413. The van der Waals surface area contributed by atoms with Gasteiger partial charge in [-0.3, -0.25) is 9.69 Å². The molecule has 2 aliphatic heterocycles. The van der Waals surface area contributed by atoms with Gasteiger partial charge in [0.05, 0.1) is 25.2 Å². The minimum absolute atomic E-state index is 0.0413. The monoisotopic (exact) mass is 299 g/mol. The van der Waals surface area contributed by atoms with Crippen LogP contribution in [-0.2, 0) is 16.1 Å². The number of hydrogen-bond acceptors (Lipinski definition) is 3. The van der Waals surface area contributed by atoms with Gasteiger partial charge in [0.25, 0.3) is 0 Å². The highest BCUT2D eigenvalue weighted by Crippen LogP contribution is 2.23. The van der Waals surface area contributed by atoms with Crippen LogP contribution in [0.4, 0.5) is 0 Å². The maximum absolute atomic E-state index is 12.4. The van der Waals surface area contributed by atoms with Crippen LogP contribution >= 0.6 is 0 Å². The van der Waals surface area contributed by atoms with Gasteiger partial charge in [0, 0.05) is 38.4 Å². The lowest BCUT2D eigenvalue weighted by atomic mass is 10.1. The molecule has 0 aliphatic carbocycles. The van der Waals surface area contributed by atoms with E-state index in [4.69, 9.17) is 4.74 Å². The first-order valence-corrected chi connectivity index (χ1v) is 7.84. The van der Waals surface area contributed by atoms with Crippen LogP contribution in [0.25, 0.3) is 10.9 Å². The summed E-state index contributed by atoms with van der Waals surface area (Å²) in [5, 5.41) is 1.24. The summed E-state index contributed by atoms with van der Waals surface area (Å²) in [5.41, 5.74) is 2.49. The predicted molar refractivity (Wildman–Crippen MR) is 84.4 cm³/mol. The largest absolute Gasteiger partial charge is 0.378 e. The lowest BCUT2D eigenvalue weighted by Crippen LogP contribution is -2.42. The van der Waals surface area contributed by atoms with E-state index in [-0.39, 0.29) is 17.9 Å². The van der Waals surface area contributed by atoms with E-state index in [1.807, 2.05) is 18.1 Å². The molecule has 0 spiro atoms. The van der Waals surface area contributed by atoms with Crippen molar-refractivity contribution >= 4 is 16.8 Å². The number of likely N-dealkylation sites (N-methyl/N-ethyl adjacent to an activating group) is 1. The normalized spacial score (nSPS) is 26.4. The number of ether oxygens (including phenoxy) is 1. The number of benzene rings is 1. The number of fused-ring (bicyclic) bond motifs is 4. The van der Waals surface area contributed by atoms with Gasteiger partial charge in [-0.1, -0.05) is 18.2 Å². The van der Waals surface area contributed by atoms with Crippen LogP contribution in [0.1, 0.15) is 5.56 Å². The van der Waals surface area contributed by atoms with Gasteiger partial charge >= 0.3 is 0 Å². The molecule has 5 heteroatoms. The van der Waals surface area contributed by atoms with Gasteiger partial charge < -0.3 is 14.6 Å². The van der Waals surface area contributed by atoms with E-state index >= 15 is 0 Å². The number of aromatic amines is 1. The van der Waals surface area contributed by atoms with Gasteiger partial charge in [-0.15, -0.1) is 0 Å². The first-order chi connectivity index (χ1) is 10.7. The van der Waals surface area contributed by atoms with E-state index in [2.05, 4.69) is 34.1 Å². The molecule has 2 atom stereocenters. The number of aromatic nitrogens is 1. The summed E-state index contributed by atoms with van der Waals surface area (Å²) in [7, 11) is 1.91. The maximum atomic E-state index is 12.4. The fourth-order valence-electron chi connectivity index (χ4n) is 3.64. The quantitative estimate of drug-likeness (QED) is 0.913. The Morgan fingerprint density at radius 1 is 1.27 bits per heavy atom. The van der Waals surface area contributed by atoms with Gasteiger partial charge in [-0.05, 0) is 17.0 Å². The van der Waals surface area contributed by atoms with Crippen LogP contribution in [0.15, 0.2) is 30.5 Å². The van der Waals surface area contributed by atoms with Crippen molar-refractivity contribution in [2.24, 2.45) is 5.92 Å². The van der Waals surface area contributed by atoms with Gasteiger partial charge in [0.1, 0.15) is 0 Å². The second-order valence-electron chi connectivity index (χ2n) is 6.39. The molecule has 1 N–H and O–H groups in total. The number of H-pyrrole nitrogens is 1. The summed E-state index contributed by atoms with van der Waals surface area (Å²) in [5.74, 6) is 0.184. The van der Waals surface area contributed by atoms with Crippen LogP contribution < -0.4 is 0 Å². The third-order valence-electron chi connectivity index (χ3n) is 4.89. The van der Waals surface area contributed by atoms with Crippen LogP contribution in [0.5, 0.6) is 0 Å². The van der Waals surface area contributed by atoms with E-state index in [1.54, 1.807) is 0 Å². The molecule has 3 heterocycles. The van der Waals surface area contributed by atoms with Gasteiger partial charge in [-0.2, -0.15) is 0 Å². The van der Waals surface area contributed by atoms with Gasteiger partial charge in [0.2, 0.25) is 5.91 Å². The van der Waals surface area contributed by atoms with Crippen molar-refractivity contribution in [1.29, 1.82) is 0 Å². The molecule has 1 amide bonds. The highest BCUT2D eigenvalue weighted by atomic mass is 16.5. The smallest absolute Gasteiger partial charge is 0.229 e. The Bertz CT molecular complexity index is 696. The number of para-hydroxylation sites is 1. The van der Waals surface area contributed by atoms with Gasteiger partial charge in [0.15, 0.2) is 0 Å². The third kappa shape index (κ3) is 2.30. The molecule has 1 aromatic carbocycles. The molecule has 1 aromatic heterocycles. The number of rotatable bonds is 2. The summed E-state index contributed by atoms with van der Waals surface area (Å²) in [6.07, 6.45) is 1.98. The SMILES string of the molecule is CN1C(=O)[C@H]2COC[C@@H]1CN(Cc1cccc3cc[nH]c13)C2. The topological polar surface area (TPSA) is 48.6 Å². The standard InChI is InChI=1S/C17H21N3O2/c1-19-15-9-20(8-14(17(19)21)10-22-11-15)7-13-4-2-3-12-5-6-18-16(12)13/h2-6,14-15,18H,7-11H2,1H3/t14-,15+/m1/s1. The highest BCUT2D eigenvalue weighted by Gasteiger charge is 2.37. The molecular formula is C17H21N3O2. The Balaban J connectivity index is 1.61. The molecule has 2 aromatic rings. The van der Waals surface area contributed by atoms with Crippen molar-refractivity contribution in [3.63, 3.8) is 0 Å². The highest BCUT2D eigenvalue weighted by molar-refractivity contribution is 5.82. The summed E-state index contributed by atoms with van der Waals surface area (Å²) >= 11 is 0. The Kier molecular flexibility index (Phi) is 3.39. The van der Waals surface area contributed by atoms with E-state index in [1.165, 1.54) is 16.5 Å². The fourth-order valence-corrected chi connectivity index (χ4v) is 3.64. The number of nitrogens with zero attached hydrogens (tertiary/aromatic N) is 2. The molecule has 4 rings (SSSR count). The maximum Gasteiger partial charge on any atom is 0.229 e. The van der Waals surface area contributed by atoms with E-state index in [9.17, 15) is 4.79 Å². The van der Waals surface area contributed by atoms with Crippen LogP contribution in [0, 0.1) is 5.92 Å². The molecule has 2 bridgehead atoms. The van der Waals surface area contributed by atoms with Crippen molar-refractivity contribution in [2.75, 3.05) is 33.4 Å². The Morgan fingerprint density at radius 3 is 3.09 bits per heavy atom. The summed E-state index contributed by atoms with van der Waals surface area (Å²) < 4.78 is 5.66. The van der Waals surface area contributed by atoms with Crippen LogP contribution in [0.2, 0.25) is 0 Å². The summed E-state index contributed by atoms with van der Waals surface area (Å²) in [6, 6.07) is 8.65. The number of nitrogens with one attached hydrogen (secondary N) is 1. The lowest BCUT2D eigenvalue weighted by molar-refractivity contribution is -0.133. The molecule has 2 saturated heterocycles. The van der Waals surface area contributed by atoms with Crippen LogP contribution in [-0.4, -0.2) is 60.1 Å². The number of carbonyl (C=O) groups excluding carboxylic acids is 1. The fraction of sp³-hybridized carbons (Fsp3) is 0.471. The Labute approximate surface area is 129 Å². The average molecular weight is 299 g/mol. The van der Waals surface area contributed by atoms with Crippen molar-refractivity contribution in [3.05, 3.63) is 36.0 Å². The van der Waals surface area contributed by atoms with E-state index < -0.39 is 0 Å². The second-order valence-corrected chi connectivity index (χ2v) is 6.39. The lowest BCUT2D eigenvalue weighted by Gasteiger charge is -2.29. The van der Waals surface area contributed by atoms with E-state index in [0.717, 1.165) is 19.6 Å². The first kappa shape index (κ1) is 13.8. The first-order valence-electron chi connectivity index (χ1n) is 7.84. The minimum Gasteiger partial charge on any atom is -0.378 e. The van der Waals surface area contributed by atoms with Crippen molar-refractivity contribution < 1.29 is 9.53 Å². The van der Waals surface area contributed by atoms with Crippen molar-refractivity contribution in [2.45, 2.75) is 12.6 Å². The predicted octanol–water partition coefficient (Wildman–Crippen LogP) is 1.46. The summed E-state index contributed by atoms with van der Waals surface area (Å²) in [6.45, 7) is 3.70. The molecule has 0 radical (unpaired) electrons. The zero-order chi connectivity index (χ0) is 15.1. The number of hydrogen-bond donors (Lipinski definition) is 1. The molecule has 116 valence electrons. The summed E-state index contributed by atoms with van der Waals surface area (Å²) in [4.78, 5) is 20.0. The Hall–Kier alpha value is -1.85. The molecule has 22 heavy (non-hydrogen) atoms. The average Bonchev–Trinajstić information content (AvgIpc) is 2.90. The number of amides is 1. The second kappa shape index (κ2) is 5.41. The third-order valence-corrected chi connectivity index (χ3v) is 4.89. The molecule has 2 aliphatic rings. The zero-order valence-electron chi connectivity index (χ0n) is 12.8. The zero-order valence-corrected chi connectivity index (χ0v) is 12.8. The molecule has 5 nitrogen and oxygen atoms in total. The molecule has 0 saturated carbocycles. The van der Waals surface area contributed by atoms with Crippen molar-refractivity contribution in [1.82, 2.24) is 14.8 Å². The van der Waals surface area contributed by atoms with E-state index in [0.29, 0.717) is 13.2 Å². The number of carbonyl (C=O) groups is 1. The van der Waals surface area contributed by atoms with Crippen molar-refractivity contribution in [3.8, 4) is 0 Å². The molecule has 0 unspecified atom stereocenters. The van der Waals surface area contributed by atoms with Crippen LogP contribution in [0.3, 0.4) is 0 Å². The Morgan fingerprint density at radius 2 is 2.18 bits per heavy atom. The van der Waals surface area contributed by atoms with Gasteiger partial charge in [-0.25, -0.2) is 0 Å².